The topological polar surface area (TPSA) is 12.0 Å². The molecule has 4 atom stereocenters. The molecule has 0 radical (unpaired) electrons. The predicted molar refractivity (Wildman–Crippen MR) is 56.7 cm³/mol. The van der Waals surface area contributed by atoms with Crippen LogP contribution in [0, 0.1) is 17.8 Å². The van der Waals surface area contributed by atoms with Gasteiger partial charge in [0.05, 0.1) is 0 Å². The lowest BCUT2D eigenvalue weighted by Gasteiger charge is -2.28. The first-order chi connectivity index (χ1) is 6.16. The fraction of sp³-hybridized carbons (Fsp3) is 1.00. The van der Waals surface area contributed by atoms with E-state index < -0.39 is 0 Å². The highest BCUT2D eigenvalue weighted by Gasteiger charge is 2.39. The summed E-state index contributed by atoms with van der Waals surface area (Å²) in [6.45, 7) is 6.95. The van der Waals surface area contributed by atoms with E-state index in [2.05, 4.69) is 26.1 Å². The number of rotatable bonds is 3. The summed E-state index contributed by atoms with van der Waals surface area (Å²) >= 11 is 0. The SMILES string of the molecule is CC(C)[C@@H](C)N[C@H]1C[C@@H]2CC[C@@H]1C2. The molecule has 2 aliphatic carbocycles. The molecule has 0 unspecified atom stereocenters. The van der Waals surface area contributed by atoms with Crippen molar-refractivity contribution in [2.24, 2.45) is 17.8 Å². The second kappa shape index (κ2) is 3.61. The van der Waals surface area contributed by atoms with Crippen LogP contribution in [-0.2, 0) is 0 Å². The van der Waals surface area contributed by atoms with Crippen LogP contribution in [0.3, 0.4) is 0 Å². The molecule has 2 aliphatic rings. The number of fused-ring (bicyclic) bond motifs is 2. The molecule has 0 aliphatic heterocycles. The van der Waals surface area contributed by atoms with Crippen LogP contribution >= 0.6 is 0 Å². The maximum absolute atomic E-state index is 3.81. The molecule has 1 nitrogen and oxygen atoms in total. The standard InChI is InChI=1S/C12H23N/c1-8(2)9(3)13-12-7-10-4-5-11(12)6-10/h8-13H,4-7H2,1-3H3/t9-,10-,11-,12+/m1/s1. The summed E-state index contributed by atoms with van der Waals surface area (Å²) in [6.07, 6.45) is 5.98. The van der Waals surface area contributed by atoms with Crippen LogP contribution in [0.25, 0.3) is 0 Å². The Hall–Kier alpha value is -0.0400. The Morgan fingerprint density at radius 2 is 1.85 bits per heavy atom. The second-order valence-electron chi connectivity index (χ2n) is 5.48. The monoisotopic (exact) mass is 181 g/mol. The molecule has 0 aromatic heterocycles. The minimum atomic E-state index is 0.698. The molecule has 2 rings (SSSR count). The fourth-order valence-electron chi connectivity index (χ4n) is 2.98. The third kappa shape index (κ3) is 1.90. The second-order valence-corrected chi connectivity index (χ2v) is 5.48. The molecular formula is C12H23N. The van der Waals surface area contributed by atoms with E-state index >= 15 is 0 Å². The average Bonchev–Trinajstić information content (AvgIpc) is 2.64. The van der Waals surface area contributed by atoms with Gasteiger partial charge in [-0.3, -0.25) is 0 Å². The first kappa shape index (κ1) is 9.51. The Balaban J connectivity index is 1.83. The highest BCUT2D eigenvalue weighted by atomic mass is 15.0. The Morgan fingerprint density at radius 3 is 2.31 bits per heavy atom. The van der Waals surface area contributed by atoms with Crippen LogP contribution in [0.2, 0.25) is 0 Å². The minimum absolute atomic E-state index is 0.698. The highest BCUT2D eigenvalue weighted by molar-refractivity contribution is 4.95. The van der Waals surface area contributed by atoms with Crippen LogP contribution in [-0.4, -0.2) is 12.1 Å². The molecule has 0 spiro atoms. The summed E-state index contributed by atoms with van der Waals surface area (Å²) in [4.78, 5) is 0. The zero-order valence-corrected chi connectivity index (χ0v) is 9.22. The van der Waals surface area contributed by atoms with Gasteiger partial charge in [0.15, 0.2) is 0 Å². The molecule has 0 heterocycles. The molecule has 0 aromatic rings. The van der Waals surface area contributed by atoms with Crippen molar-refractivity contribution in [2.75, 3.05) is 0 Å². The van der Waals surface area contributed by atoms with Gasteiger partial charge in [-0.2, -0.15) is 0 Å². The molecule has 2 saturated carbocycles. The molecule has 1 N–H and O–H groups in total. The van der Waals surface area contributed by atoms with Gasteiger partial charge in [0, 0.05) is 12.1 Å². The molecule has 2 bridgehead atoms. The lowest BCUT2D eigenvalue weighted by molar-refractivity contribution is 0.294. The van der Waals surface area contributed by atoms with Gasteiger partial charge >= 0.3 is 0 Å². The van der Waals surface area contributed by atoms with Gasteiger partial charge in [-0.15, -0.1) is 0 Å². The van der Waals surface area contributed by atoms with Crippen LogP contribution in [0.1, 0.15) is 46.5 Å². The molecule has 1 heteroatoms. The zero-order chi connectivity index (χ0) is 9.42. The Morgan fingerprint density at radius 1 is 1.08 bits per heavy atom. The summed E-state index contributed by atoms with van der Waals surface area (Å²) in [6, 6.07) is 1.56. The Bertz CT molecular complexity index is 176. The number of hydrogen-bond acceptors (Lipinski definition) is 1. The summed E-state index contributed by atoms with van der Waals surface area (Å²) in [5, 5.41) is 3.81. The van der Waals surface area contributed by atoms with Crippen molar-refractivity contribution < 1.29 is 0 Å². The van der Waals surface area contributed by atoms with E-state index in [0.29, 0.717) is 6.04 Å². The van der Waals surface area contributed by atoms with Gasteiger partial charge < -0.3 is 5.32 Å². The van der Waals surface area contributed by atoms with E-state index in [1.165, 1.54) is 25.7 Å². The molecule has 2 fully saturated rings. The molecule has 0 aromatic carbocycles. The van der Waals surface area contributed by atoms with E-state index in [1.807, 2.05) is 0 Å². The fourth-order valence-corrected chi connectivity index (χ4v) is 2.98. The quantitative estimate of drug-likeness (QED) is 0.706. The van der Waals surface area contributed by atoms with Gasteiger partial charge in [0.2, 0.25) is 0 Å². The summed E-state index contributed by atoms with van der Waals surface area (Å²) in [7, 11) is 0. The molecule has 13 heavy (non-hydrogen) atoms. The molecule has 0 saturated heterocycles. The van der Waals surface area contributed by atoms with E-state index in [-0.39, 0.29) is 0 Å². The van der Waals surface area contributed by atoms with Crippen molar-refractivity contribution >= 4 is 0 Å². The van der Waals surface area contributed by atoms with Crippen LogP contribution in [0.5, 0.6) is 0 Å². The lowest BCUT2D eigenvalue weighted by atomic mass is 9.93. The van der Waals surface area contributed by atoms with Crippen molar-refractivity contribution in [3.8, 4) is 0 Å². The van der Waals surface area contributed by atoms with E-state index in [4.69, 9.17) is 0 Å². The maximum atomic E-state index is 3.81. The van der Waals surface area contributed by atoms with Crippen LogP contribution in [0.4, 0.5) is 0 Å². The van der Waals surface area contributed by atoms with Crippen LogP contribution in [0.15, 0.2) is 0 Å². The molecule has 0 amide bonds. The normalized spacial score (nSPS) is 40.2. The van der Waals surface area contributed by atoms with E-state index in [0.717, 1.165) is 23.8 Å². The highest BCUT2D eigenvalue weighted by Crippen LogP contribution is 2.44. The maximum Gasteiger partial charge on any atom is 0.0101 e. The third-order valence-electron chi connectivity index (χ3n) is 4.22. The summed E-state index contributed by atoms with van der Waals surface area (Å²) < 4.78 is 0. The zero-order valence-electron chi connectivity index (χ0n) is 9.22. The lowest BCUT2D eigenvalue weighted by Crippen LogP contribution is -2.42. The predicted octanol–water partition coefficient (Wildman–Crippen LogP) is 2.81. The summed E-state index contributed by atoms with van der Waals surface area (Å²) in [5.74, 6) is 2.87. The van der Waals surface area contributed by atoms with Crippen molar-refractivity contribution in [1.82, 2.24) is 5.32 Å². The largest absolute Gasteiger partial charge is 0.311 e. The minimum Gasteiger partial charge on any atom is -0.311 e. The van der Waals surface area contributed by atoms with Crippen molar-refractivity contribution in [1.29, 1.82) is 0 Å². The third-order valence-corrected chi connectivity index (χ3v) is 4.22. The van der Waals surface area contributed by atoms with E-state index in [9.17, 15) is 0 Å². The smallest absolute Gasteiger partial charge is 0.0101 e. The molecular weight excluding hydrogens is 158 g/mol. The van der Waals surface area contributed by atoms with Crippen LogP contribution < -0.4 is 5.32 Å². The molecule has 76 valence electrons. The average molecular weight is 181 g/mol. The van der Waals surface area contributed by atoms with Gasteiger partial charge in [0.25, 0.3) is 0 Å². The first-order valence-corrected chi connectivity index (χ1v) is 5.93. The summed E-state index contributed by atoms with van der Waals surface area (Å²) in [5.41, 5.74) is 0. The van der Waals surface area contributed by atoms with Gasteiger partial charge in [0.1, 0.15) is 0 Å². The van der Waals surface area contributed by atoms with E-state index in [1.54, 1.807) is 0 Å². The van der Waals surface area contributed by atoms with Crippen molar-refractivity contribution in [3.05, 3.63) is 0 Å². The van der Waals surface area contributed by atoms with Gasteiger partial charge in [-0.05, 0) is 43.9 Å². The first-order valence-electron chi connectivity index (χ1n) is 5.93. The van der Waals surface area contributed by atoms with Gasteiger partial charge in [-0.1, -0.05) is 20.3 Å². The van der Waals surface area contributed by atoms with Crippen molar-refractivity contribution in [3.63, 3.8) is 0 Å². The van der Waals surface area contributed by atoms with Crippen molar-refractivity contribution in [2.45, 2.75) is 58.5 Å². The Kier molecular flexibility index (Phi) is 2.64. The Labute approximate surface area is 82.3 Å². The number of hydrogen-bond donors (Lipinski definition) is 1. The van der Waals surface area contributed by atoms with Gasteiger partial charge in [-0.25, -0.2) is 0 Å². The number of nitrogens with one attached hydrogen (secondary N) is 1.